The van der Waals surface area contributed by atoms with Crippen molar-refractivity contribution in [2.24, 2.45) is 5.92 Å². The first-order chi connectivity index (χ1) is 12.7. The van der Waals surface area contributed by atoms with Crippen molar-refractivity contribution in [2.75, 3.05) is 11.9 Å². The predicted molar refractivity (Wildman–Crippen MR) is 104 cm³/mol. The SMILES string of the molecule is Cc1cc(C(=O)O)cc(C(=O)Nc2ccc(C(=O)NCC(C)C)cc2C)c1. The molecule has 2 amide bonds. The normalized spacial score (nSPS) is 10.6. The van der Waals surface area contributed by atoms with Crippen LogP contribution in [0.4, 0.5) is 5.69 Å². The molecule has 0 saturated heterocycles. The fourth-order valence-corrected chi connectivity index (χ4v) is 2.58. The Balaban J connectivity index is 2.17. The van der Waals surface area contributed by atoms with Gasteiger partial charge in [0.25, 0.3) is 11.8 Å². The number of aryl methyl sites for hydroxylation is 2. The van der Waals surface area contributed by atoms with Crippen LogP contribution in [0.5, 0.6) is 0 Å². The Bertz CT molecular complexity index is 888. The molecule has 6 nitrogen and oxygen atoms in total. The first-order valence-corrected chi connectivity index (χ1v) is 8.72. The van der Waals surface area contributed by atoms with E-state index in [1.165, 1.54) is 12.1 Å². The molecule has 0 radical (unpaired) electrons. The van der Waals surface area contributed by atoms with E-state index in [9.17, 15) is 14.4 Å². The van der Waals surface area contributed by atoms with Crippen molar-refractivity contribution in [1.29, 1.82) is 0 Å². The number of carbonyl (C=O) groups is 3. The summed E-state index contributed by atoms with van der Waals surface area (Å²) in [6, 6.07) is 9.51. The van der Waals surface area contributed by atoms with E-state index in [-0.39, 0.29) is 17.0 Å². The molecule has 2 aromatic carbocycles. The number of carboxylic acid groups (broad SMARTS) is 1. The molecule has 0 bridgehead atoms. The predicted octanol–water partition coefficient (Wildman–Crippen LogP) is 3.64. The Labute approximate surface area is 158 Å². The van der Waals surface area contributed by atoms with Crippen LogP contribution in [0.1, 0.15) is 56.0 Å². The zero-order chi connectivity index (χ0) is 20.1. The van der Waals surface area contributed by atoms with Gasteiger partial charge in [0.2, 0.25) is 0 Å². The molecule has 0 unspecified atom stereocenters. The second kappa shape index (κ2) is 8.49. The number of benzene rings is 2. The lowest BCUT2D eigenvalue weighted by atomic mass is 10.0. The highest BCUT2D eigenvalue weighted by atomic mass is 16.4. The first-order valence-electron chi connectivity index (χ1n) is 8.72. The molecule has 6 heteroatoms. The number of carbonyl (C=O) groups excluding carboxylic acids is 2. The zero-order valence-electron chi connectivity index (χ0n) is 15.9. The maximum absolute atomic E-state index is 12.5. The van der Waals surface area contributed by atoms with Crippen LogP contribution in [0, 0.1) is 19.8 Å². The number of anilines is 1. The smallest absolute Gasteiger partial charge is 0.335 e. The molecule has 3 N–H and O–H groups in total. The van der Waals surface area contributed by atoms with Gasteiger partial charge >= 0.3 is 5.97 Å². The fourth-order valence-electron chi connectivity index (χ4n) is 2.58. The third-order valence-corrected chi connectivity index (χ3v) is 3.99. The lowest BCUT2D eigenvalue weighted by Crippen LogP contribution is -2.27. The van der Waals surface area contributed by atoms with Crippen molar-refractivity contribution in [3.05, 3.63) is 64.2 Å². The van der Waals surface area contributed by atoms with E-state index in [0.29, 0.717) is 29.3 Å². The third kappa shape index (κ3) is 5.41. The molecule has 2 aromatic rings. The number of amides is 2. The van der Waals surface area contributed by atoms with Crippen LogP contribution < -0.4 is 10.6 Å². The standard InChI is InChI=1S/C21H24N2O4/c1-12(2)11-22-19(24)15-5-6-18(14(4)9-15)23-20(25)16-7-13(3)8-17(10-16)21(26)27/h5-10,12H,11H2,1-4H3,(H,22,24)(H,23,25)(H,26,27). The molecule has 0 saturated carbocycles. The van der Waals surface area contributed by atoms with E-state index in [0.717, 1.165) is 5.56 Å². The van der Waals surface area contributed by atoms with E-state index in [4.69, 9.17) is 5.11 Å². The molecule has 0 spiro atoms. The van der Waals surface area contributed by atoms with Gasteiger partial charge in [-0.1, -0.05) is 13.8 Å². The fraction of sp³-hybridized carbons (Fsp3) is 0.286. The Morgan fingerprint density at radius 3 is 2.19 bits per heavy atom. The van der Waals surface area contributed by atoms with Gasteiger partial charge in [0.15, 0.2) is 0 Å². The number of carboxylic acids is 1. The second-order valence-electron chi connectivity index (χ2n) is 6.98. The number of hydrogen-bond acceptors (Lipinski definition) is 3. The summed E-state index contributed by atoms with van der Waals surface area (Å²) in [4.78, 5) is 35.8. The van der Waals surface area contributed by atoms with E-state index >= 15 is 0 Å². The minimum atomic E-state index is -1.08. The molecule has 0 atom stereocenters. The maximum Gasteiger partial charge on any atom is 0.335 e. The third-order valence-electron chi connectivity index (χ3n) is 3.99. The van der Waals surface area contributed by atoms with Gasteiger partial charge < -0.3 is 15.7 Å². The summed E-state index contributed by atoms with van der Waals surface area (Å²) in [5.74, 6) is -1.28. The Morgan fingerprint density at radius 1 is 0.926 bits per heavy atom. The van der Waals surface area contributed by atoms with Crippen LogP contribution in [0.3, 0.4) is 0 Å². The van der Waals surface area contributed by atoms with E-state index in [1.54, 1.807) is 38.1 Å². The van der Waals surface area contributed by atoms with Gasteiger partial charge in [-0.3, -0.25) is 9.59 Å². The van der Waals surface area contributed by atoms with Gasteiger partial charge in [0.1, 0.15) is 0 Å². The molecule has 0 fully saturated rings. The number of rotatable bonds is 6. The van der Waals surface area contributed by atoms with Crippen LogP contribution in [0.2, 0.25) is 0 Å². The van der Waals surface area contributed by atoms with Crippen LogP contribution in [-0.4, -0.2) is 29.4 Å². The Hall–Kier alpha value is -3.15. The average molecular weight is 368 g/mol. The van der Waals surface area contributed by atoms with Crippen LogP contribution in [0.15, 0.2) is 36.4 Å². The van der Waals surface area contributed by atoms with Crippen molar-refractivity contribution >= 4 is 23.5 Å². The van der Waals surface area contributed by atoms with Crippen molar-refractivity contribution < 1.29 is 19.5 Å². The zero-order valence-corrected chi connectivity index (χ0v) is 15.9. The summed E-state index contributed by atoms with van der Waals surface area (Å²) in [5, 5.41) is 14.8. The summed E-state index contributed by atoms with van der Waals surface area (Å²) in [6.07, 6.45) is 0. The molecule has 0 aliphatic heterocycles. The highest BCUT2D eigenvalue weighted by Gasteiger charge is 2.14. The molecular weight excluding hydrogens is 344 g/mol. The minimum absolute atomic E-state index is 0.0639. The molecule has 0 aromatic heterocycles. The maximum atomic E-state index is 12.5. The van der Waals surface area contributed by atoms with Crippen molar-refractivity contribution in [3.63, 3.8) is 0 Å². The lowest BCUT2D eigenvalue weighted by Gasteiger charge is -2.12. The van der Waals surface area contributed by atoms with Crippen LogP contribution in [-0.2, 0) is 0 Å². The molecule has 27 heavy (non-hydrogen) atoms. The van der Waals surface area contributed by atoms with E-state index in [2.05, 4.69) is 10.6 Å². The average Bonchev–Trinajstić information content (AvgIpc) is 2.60. The topological polar surface area (TPSA) is 95.5 Å². The van der Waals surface area contributed by atoms with Gasteiger partial charge in [-0.05, 0) is 67.3 Å². The van der Waals surface area contributed by atoms with Gasteiger partial charge in [-0.15, -0.1) is 0 Å². The monoisotopic (exact) mass is 368 g/mol. The Kier molecular flexibility index (Phi) is 6.34. The van der Waals surface area contributed by atoms with Gasteiger partial charge in [-0.25, -0.2) is 4.79 Å². The molecule has 0 heterocycles. The number of hydrogen-bond donors (Lipinski definition) is 3. The molecule has 142 valence electrons. The number of nitrogens with one attached hydrogen (secondary N) is 2. The molecule has 0 aliphatic carbocycles. The van der Waals surface area contributed by atoms with Gasteiger partial charge in [0, 0.05) is 23.4 Å². The summed E-state index contributed by atoms with van der Waals surface area (Å²) >= 11 is 0. The first kappa shape index (κ1) is 20.2. The van der Waals surface area contributed by atoms with E-state index in [1.807, 2.05) is 13.8 Å². The second-order valence-corrected chi connectivity index (χ2v) is 6.98. The Morgan fingerprint density at radius 2 is 1.59 bits per heavy atom. The lowest BCUT2D eigenvalue weighted by molar-refractivity contribution is 0.0696. The summed E-state index contributed by atoms with van der Waals surface area (Å²) in [5.41, 5.74) is 2.86. The molecular formula is C21H24N2O4. The quantitative estimate of drug-likeness (QED) is 0.725. The molecule has 2 rings (SSSR count). The van der Waals surface area contributed by atoms with Gasteiger partial charge in [0.05, 0.1) is 5.56 Å². The summed E-state index contributed by atoms with van der Waals surface area (Å²) in [6.45, 7) is 8.17. The molecule has 0 aliphatic rings. The van der Waals surface area contributed by atoms with Crippen LogP contribution in [0.25, 0.3) is 0 Å². The summed E-state index contributed by atoms with van der Waals surface area (Å²) < 4.78 is 0. The largest absolute Gasteiger partial charge is 0.478 e. The van der Waals surface area contributed by atoms with Crippen molar-refractivity contribution in [3.8, 4) is 0 Å². The van der Waals surface area contributed by atoms with Crippen LogP contribution >= 0.6 is 0 Å². The number of aromatic carboxylic acids is 1. The van der Waals surface area contributed by atoms with E-state index < -0.39 is 11.9 Å². The van der Waals surface area contributed by atoms with Crippen molar-refractivity contribution in [1.82, 2.24) is 5.32 Å². The highest BCUT2D eigenvalue weighted by molar-refractivity contribution is 6.06. The van der Waals surface area contributed by atoms with Crippen molar-refractivity contribution in [2.45, 2.75) is 27.7 Å². The summed E-state index contributed by atoms with van der Waals surface area (Å²) in [7, 11) is 0. The minimum Gasteiger partial charge on any atom is -0.478 e. The van der Waals surface area contributed by atoms with Gasteiger partial charge in [-0.2, -0.15) is 0 Å². The highest BCUT2D eigenvalue weighted by Crippen LogP contribution is 2.19.